The molecular formula is C40H66N2O5. The molecule has 7 heteroatoms. The Balaban J connectivity index is 4.66. The molecule has 0 aromatic rings. The molecule has 7 nitrogen and oxygen atoms in total. The summed E-state index contributed by atoms with van der Waals surface area (Å²) >= 11 is 0. The van der Waals surface area contributed by atoms with Gasteiger partial charge in [-0.25, -0.2) is 4.79 Å². The van der Waals surface area contributed by atoms with E-state index in [2.05, 4.69) is 79.9 Å². The Bertz CT molecular complexity index is 964. The van der Waals surface area contributed by atoms with Crippen molar-refractivity contribution in [1.82, 2.24) is 5.32 Å². The highest BCUT2D eigenvalue weighted by atomic mass is 16.5. The van der Waals surface area contributed by atoms with Gasteiger partial charge >= 0.3 is 11.9 Å². The number of carboxylic acids is 1. The largest absolute Gasteiger partial charge is 0.480 e. The third-order valence-electron chi connectivity index (χ3n) is 7.47. The molecule has 0 bridgehead atoms. The predicted molar refractivity (Wildman–Crippen MR) is 197 cm³/mol. The van der Waals surface area contributed by atoms with Crippen LogP contribution in [0.25, 0.3) is 0 Å². The zero-order valence-electron chi connectivity index (χ0n) is 29.6. The Hall–Kier alpha value is -3.19. The minimum Gasteiger partial charge on any atom is -0.480 e. The molecule has 1 amide bonds. The maximum Gasteiger partial charge on any atom is 0.326 e. The van der Waals surface area contributed by atoms with Gasteiger partial charge in [0.2, 0.25) is 5.91 Å². The zero-order valence-corrected chi connectivity index (χ0v) is 29.6. The average Bonchev–Trinajstić information content (AvgIpc) is 3.05. The third-order valence-corrected chi connectivity index (χ3v) is 7.47. The van der Waals surface area contributed by atoms with Gasteiger partial charge in [-0.15, -0.1) is 0 Å². The van der Waals surface area contributed by atoms with E-state index in [1.54, 1.807) is 0 Å². The Morgan fingerprint density at radius 3 is 1.85 bits per heavy atom. The molecule has 47 heavy (non-hydrogen) atoms. The maximum atomic E-state index is 12.6. The summed E-state index contributed by atoms with van der Waals surface area (Å²) in [7, 11) is 0. The first-order valence-electron chi connectivity index (χ1n) is 18.3. The van der Waals surface area contributed by atoms with E-state index in [1.807, 2.05) is 12.2 Å². The standard InChI is InChI=1S/C40H66N2O5/c1-3-5-7-9-11-13-15-16-17-18-19-21-23-25-30-36(31-27-28-33-38(43)42-37(40(45)46)32-29-35-41)47-39(44)34-26-24-22-20-14-12-10-8-6-4-2/h5,7-8,10-11,13,16-17,19,21,25,30,36-37H,3-4,6,9,12,14-15,18,20,22-24,26-29,31-35,41H2,1-2H3,(H,42,43)(H,45,46)/b7-5-,10-8-,13-11-,17-16-,21-19-,30-25-. The normalized spacial score (nSPS) is 13.6. The number of unbranched alkanes of at least 4 members (excludes halogenated alkanes) is 7. The molecule has 266 valence electrons. The number of carboxylic acid groups (broad SMARTS) is 1. The van der Waals surface area contributed by atoms with Crippen molar-refractivity contribution in [2.24, 2.45) is 5.73 Å². The number of carbonyl (C=O) groups excluding carboxylic acids is 2. The van der Waals surface area contributed by atoms with Crippen molar-refractivity contribution < 1.29 is 24.2 Å². The quantitative estimate of drug-likeness (QED) is 0.0389. The number of rotatable bonds is 31. The van der Waals surface area contributed by atoms with Gasteiger partial charge in [-0.1, -0.05) is 106 Å². The second-order valence-corrected chi connectivity index (χ2v) is 11.9. The van der Waals surface area contributed by atoms with E-state index in [9.17, 15) is 19.5 Å². The fourth-order valence-corrected chi connectivity index (χ4v) is 4.75. The second kappa shape index (κ2) is 34.2. The second-order valence-electron chi connectivity index (χ2n) is 11.9. The van der Waals surface area contributed by atoms with Crippen LogP contribution in [0.2, 0.25) is 0 Å². The number of allylic oxidation sites excluding steroid dienone is 11. The predicted octanol–water partition coefficient (Wildman–Crippen LogP) is 9.61. The number of ether oxygens (including phenoxy) is 1. The van der Waals surface area contributed by atoms with Gasteiger partial charge in [-0.05, 0) is 103 Å². The van der Waals surface area contributed by atoms with E-state index in [0.29, 0.717) is 45.1 Å². The molecule has 0 aromatic carbocycles. The molecule has 0 rings (SSSR count). The van der Waals surface area contributed by atoms with E-state index in [1.165, 1.54) is 19.3 Å². The highest BCUT2D eigenvalue weighted by molar-refractivity contribution is 5.83. The molecule has 2 unspecified atom stereocenters. The number of aliphatic carboxylic acids is 1. The Morgan fingerprint density at radius 1 is 0.660 bits per heavy atom. The lowest BCUT2D eigenvalue weighted by Crippen LogP contribution is -2.40. The Morgan fingerprint density at radius 2 is 1.23 bits per heavy atom. The molecule has 0 aliphatic rings. The maximum absolute atomic E-state index is 12.6. The van der Waals surface area contributed by atoms with Crippen molar-refractivity contribution in [3.8, 4) is 0 Å². The fourth-order valence-electron chi connectivity index (χ4n) is 4.75. The van der Waals surface area contributed by atoms with Crippen LogP contribution in [0.3, 0.4) is 0 Å². The molecule has 0 saturated carbocycles. The van der Waals surface area contributed by atoms with E-state index in [0.717, 1.165) is 64.2 Å². The molecule has 0 radical (unpaired) electrons. The van der Waals surface area contributed by atoms with Crippen LogP contribution in [-0.4, -0.2) is 41.6 Å². The van der Waals surface area contributed by atoms with Gasteiger partial charge in [0.05, 0.1) is 0 Å². The Kier molecular flexibility index (Phi) is 31.8. The van der Waals surface area contributed by atoms with Gasteiger partial charge in [0, 0.05) is 12.8 Å². The monoisotopic (exact) mass is 654 g/mol. The van der Waals surface area contributed by atoms with Crippen LogP contribution in [0, 0.1) is 0 Å². The van der Waals surface area contributed by atoms with Gasteiger partial charge in [0.15, 0.2) is 0 Å². The van der Waals surface area contributed by atoms with Gasteiger partial charge in [-0.2, -0.15) is 0 Å². The fraction of sp³-hybridized carbons (Fsp3) is 0.625. The van der Waals surface area contributed by atoms with Gasteiger partial charge in [0.1, 0.15) is 12.1 Å². The van der Waals surface area contributed by atoms with Crippen LogP contribution < -0.4 is 11.1 Å². The van der Waals surface area contributed by atoms with Crippen LogP contribution >= 0.6 is 0 Å². The lowest BCUT2D eigenvalue weighted by Gasteiger charge is -2.16. The average molecular weight is 655 g/mol. The van der Waals surface area contributed by atoms with E-state index in [-0.39, 0.29) is 24.4 Å². The summed E-state index contributed by atoms with van der Waals surface area (Å²) < 4.78 is 5.82. The summed E-state index contributed by atoms with van der Waals surface area (Å²) in [5, 5.41) is 11.9. The summed E-state index contributed by atoms with van der Waals surface area (Å²) in [6, 6.07) is -0.913. The number of carbonyl (C=O) groups is 3. The SMILES string of the molecule is CC/C=C\C/C=C\C/C=C\C/C=C\C/C=C\C(CCCCC(=O)NC(CCCN)C(=O)O)OC(=O)CCCCCCC/C=C\CCC. The molecular weight excluding hydrogens is 588 g/mol. The van der Waals surface area contributed by atoms with Gasteiger partial charge in [0.25, 0.3) is 0 Å². The lowest BCUT2D eigenvalue weighted by molar-refractivity contribution is -0.147. The number of amides is 1. The number of hydrogen-bond donors (Lipinski definition) is 3. The van der Waals surface area contributed by atoms with Crippen LogP contribution in [-0.2, 0) is 19.1 Å². The molecule has 0 aliphatic carbocycles. The number of esters is 1. The number of hydrogen-bond acceptors (Lipinski definition) is 5. The molecule has 0 aromatic heterocycles. The minimum atomic E-state index is -1.04. The number of nitrogens with two attached hydrogens (primary N) is 1. The highest BCUT2D eigenvalue weighted by Crippen LogP contribution is 2.13. The van der Waals surface area contributed by atoms with Crippen LogP contribution in [0.5, 0.6) is 0 Å². The molecule has 4 N–H and O–H groups in total. The lowest BCUT2D eigenvalue weighted by atomic mass is 10.1. The third kappa shape index (κ3) is 31.2. The first-order valence-corrected chi connectivity index (χ1v) is 18.3. The van der Waals surface area contributed by atoms with Crippen LogP contribution in [0.15, 0.2) is 72.9 Å². The van der Waals surface area contributed by atoms with Crippen molar-refractivity contribution in [3.63, 3.8) is 0 Å². The molecule has 0 fully saturated rings. The van der Waals surface area contributed by atoms with E-state index in [4.69, 9.17) is 10.5 Å². The summed E-state index contributed by atoms with van der Waals surface area (Å²) in [6.45, 7) is 4.71. The van der Waals surface area contributed by atoms with Crippen LogP contribution in [0.1, 0.15) is 142 Å². The minimum absolute atomic E-state index is 0.180. The van der Waals surface area contributed by atoms with Gasteiger partial charge in [-0.3, -0.25) is 9.59 Å². The van der Waals surface area contributed by atoms with Crippen LogP contribution in [0.4, 0.5) is 0 Å². The van der Waals surface area contributed by atoms with Gasteiger partial charge < -0.3 is 20.9 Å². The molecule has 2 atom stereocenters. The zero-order chi connectivity index (χ0) is 34.6. The topological polar surface area (TPSA) is 119 Å². The molecule has 0 aliphatic heterocycles. The first-order chi connectivity index (χ1) is 22.9. The molecule has 0 heterocycles. The van der Waals surface area contributed by atoms with Crippen molar-refractivity contribution in [1.29, 1.82) is 0 Å². The summed E-state index contributed by atoms with van der Waals surface area (Å²) in [5.41, 5.74) is 5.48. The van der Waals surface area contributed by atoms with Crippen molar-refractivity contribution >= 4 is 17.8 Å². The molecule has 0 spiro atoms. The van der Waals surface area contributed by atoms with Crippen molar-refractivity contribution in [2.45, 2.75) is 154 Å². The highest BCUT2D eigenvalue weighted by Gasteiger charge is 2.19. The van der Waals surface area contributed by atoms with Crippen molar-refractivity contribution in [3.05, 3.63) is 72.9 Å². The summed E-state index contributed by atoms with van der Waals surface area (Å²) in [6.07, 6.45) is 42.3. The Labute approximate surface area is 286 Å². The molecule has 0 saturated heterocycles. The van der Waals surface area contributed by atoms with E-state index < -0.39 is 12.0 Å². The smallest absolute Gasteiger partial charge is 0.326 e. The first kappa shape index (κ1) is 43.8. The van der Waals surface area contributed by atoms with E-state index >= 15 is 0 Å². The summed E-state index contributed by atoms with van der Waals surface area (Å²) in [4.78, 5) is 36.3. The van der Waals surface area contributed by atoms with Crippen molar-refractivity contribution in [2.75, 3.05) is 6.54 Å². The number of nitrogens with one attached hydrogen (secondary N) is 1. The summed E-state index contributed by atoms with van der Waals surface area (Å²) in [5.74, 6) is -1.51.